The Morgan fingerprint density at radius 2 is 1.88 bits per heavy atom. The largest absolute Gasteiger partial charge is 0.390 e. The zero-order chi connectivity index (χ0) is 18.8. The molecule has 0 fully saturated rings. The third-order valence-electron chi connectivity index (χ3n) is 4.08. The van der Waals surface area contributed by atoms with E-state index in [1.165, 1.54) is 11.1 Å². The summed E-state index contributed by atoms with van der Waals surface area (Å²) in [7, 11) is 0. The molecule has 3 N–H and O–H groups in total. The first-order valence-corrected chi connectivity index (χ1v) is 8.77. The summed E-state index contributed by atoms with van der Waals surface area (Å²) in [6, 6.07) is 15.0. The Morgan fingerprint density at radius 1 is 1.12 bits per heavy atom. The van der Waals surface area contributed by atoms with Crippen LogP contribution >= 0.6 is 0 Å². The van der Waals surface area contributed by atoms with Gasteiger partial charge in [0.25, 0.3) is 0 Å². The smallest absolute Gasteiger partial charge is 0.224 e. The molecule has 0 aliphatic carbocycles. The molecular weight excluding hydrogens is 330 g/mol. The van der Waals surface area contributed by atoms with Gasteiger partial charge < -0.3 is 15.7 Å². The highest BCUT2D eigenvalue weighted by atomic mass is 16.3. The van der Waals surface area contributed by atoms with Crippen molar-refractivity contribution in [2.45, 2.75) is 32.4 Å². The SMILES string of the molecule is CCc1cccc(CNCC(O)CNC(=O)Cc2ccccc2N=O)c1. The van der Waals surface area contributed by atoms with Crippen LogP contribution in [0.4, 0.5) is 5.69 Å². The van der Waals surface area contributed by atoms with Gasteiger partial charge in [-0.3, -0.25) is 4.79 Å². The van der Waals surface area contributed by atoms with Crippen LogP contribution in [0.25, 0.3) is 0 Å². The average molecular weight is 355 g/mol. The molecule has 0 aliphatic heterocycles. The Balaban J connectivity index is 1.70. The van der Waals surface area contributed by atoms with Crippen LogP contribution in [0, 0.1) is 4.91 Å². The lowest BCUT2D eigenvalue weighted by molar-refractivity contribution is -0.120. The molecule has 0 aliphatic rings. The summed E-state index contributed by atoms with van der Waals surface area (Å²) >= 11 is 0. The highest BCUT2D eigenvalue weighted by molar-refractivity contribution is 5.80. The molecule has 1 atom stereocenters. The van der Waals surface area contributed by atoms with Crippen LogP contribution in [-0.4, -0.2) is 30.2 Å². The van der Waals surface area contributed by atoms with Crippen LogP contribution in [0.1, 0.15) is 23.6 Å². The molecule has 2 rings (SSSR count). The molecule has 0 heterocycles. The van der Waals surface area contributed by atoms with Crippen LogP contribution in [0.2, 0.25) is 0 Å². The number of hydrogen-bond acceptors (Lipinski definition) is 5. The number of benzene rings is 2. The number of nitrogens with zero attached hydrogens (tertiary/aromatic N) is 1. The van der Waals surface area contributed by atoms with Crippen LogP contribution in [0.5, 0.6) is 0 Å². The van der Waals surface area contributed by atoms with Crippen LogP contribution in [0.15, 0.2) is 53.7 Å². The molecule has 0 saturated heterocycles. The molecule has 26 heavy (non-hydrogen) atoms. The van der Waals surface area contributed by atoms with E-state index in [0.717, 1.165) is 6.42 Å². The highest BCUT2D eigenvalue weighted by Gasteiger charge is 2.10. The number of aryl methyl sites for hydroxylation is 1. The van der Waals surface area contributed by atoms with Gasteiger partial charge in [-0.2, -0.15) is 0 Å². The van der Waals surface area contributed by atoms with Crippen molar-refractivity contribution in [1.29, 1.82) is 0 Å². The van der Waals surface area contributed by atoms with Crippen LogP contribution in [-0.2, 0) is 24.2 Å². The average Bonchev–Trinajstić information content (AvgIpc) is 2.67. The number of carbonyl (C=O) groups is 1. The zero-order valence-electron chi connectivity index (χ0n) is 14.9. The van der Waals surface area contributed by atoms with E-state index >= 15 is 0 Å². The van der Waals surface area contributed by atoms with Crippen molar-refractivity contribution in [2.24, 2.45) is 5.18 Å². The Morgan fingerprint density at radius 3 is 2.65 bits per heavy atom. The van der Waals surface area contributed by atoms with E-state index < -0.39 is 6.10 Å². The summed E-state index contributed by atoms with van der Waals surface area (Å²) in [5.74, 6) is -0.254. The van der Waals surface area contributed by atoms with Gasteiger partial charge in [0, 0.05) is 19.6 Å². The molecule has 2 aromatic rings. The minimum atomic E-state index is -0.687. The Labute approximate surface area is 153 Å². The van der Waals surface area contributed by atoms with Crippen molar-refractivity contribution in [3.8, 4) is 0 Å². The van der Waals surface area contributed by atoms with Crippen molar-refractivity contribution >= 4 is 11.6 Å². The number of hydrogen-bond donors (Lipinski definition) is 3. The van der Waals surface area contributed by atoms with Gasteiger partial charge in [0.15, 0.2) is 0 Å². The maximum atomic E-state index is 12.0. The lowest BCUT2D eigenvalue weighted by atomic mass is 10.1. The second-order valence-electron chi connectivity index (χ2n) is 6.16. The summed E-state index contributed by atoms with van der Waals surface area (Å²) in [5.41, 5.74) is 3.28. The maximum Gasteiger partial charge on any atom is 0.224 e. The second-order valence-corrected chi connectivity index (χ2v) is 6.16. The van der Waals surface area contributed by atoms with E-state index in [2.05, 4.69) is 34.9 Å². The molecule has 0 bridgehead atoms. The quantitative estimate of drug-likeness (QED) is 0.571. The van der Waals surface area contributed by atoms with Gasteiger partial charge in [0.05, 0.1) is 12.5 Å². The third kappa shape index (κ3) is 6.38. The predicted molar refractivity (Wildman–Crippen MR) is 102 cm³/mol. The lowest BCUT2D eigenvalue weighted by Gasteiger charge is -2.13. The number of rotatable bonds is 10. The fourth-order valence-electron chi connectivity index (χ4n) is 2.63. The number of nitroso groups, excluding NO2 is 1. The van der Waals surface area contributed by atoms with Crippen molar-refractivity contribution in [2.75, 3.05) is 13.1 Å². The van der Waals surface area contributed by atoms with E-state index in [0.29, 0.717) is 18.7 Å². The first-order valence-electron chi connectivity index (χ1n) is 8.77. The monoisotopic (exact) mass is 355 g/mol. The molecular formula is C20H25N3O3. The molecule has 0 spiro atoms. The minimum absolute atomic E-state index is 0.0614. The molecule has 0 radical (unpaired) electrons. The molecule has 2 aromatic carbocycles. The van der Waals surface area contributed by atoms with Gasteiger partial charge in [-0.25, -0.2) is 0 Å². The van der Waals surface area contributed by atoms with E-state index in [9.17, 15) is 14.8 Å². The summed E-state index contributed by atoms with van der Waals surface area (Å²) in [6.07, 6.45) is 0.365. The fourth-order valence-corrected chi connectivity index (χ4v) is 2.63. The van der Waals surface area contributed by atoms with E-state index in [-0.39, 0.29) is 24.6 Å². The summed E-state index contributed by atoms with van der Waals surface area (Å²) < 4.78 is 0. The first-order chi connectivity index (χ1) is 12.6. The summed E-state index contributed by atoms with van der Waals surface area (Å²) in [5, 5.41) is 18.8. The van der Waals surface area contributed by atoms with Crippen molar-refractivity contribution in [3.05, 3.63) is 70.1 Å². The molecule has 1 amide bonds. The number of carbonyl (C=O) groups excluding carboxylic acids is 1. The first kappa shape index (κ1) is 19.8. The van der Waals surface area contributed by atoms with Crippen molar-refractivity contribution < 1.29 is 9.90 Å². The maximum absolute atomic E-state index is 12.0. The summed E-state index contributed by atoms with van der Waals surface area (Å²) in [6.45, 7) is 3.31. The standard InChI is InChI=1S/C20H25N3O3/c1-2-15-6-5-7-16(10-15)12-21-13-18(24)14-22-20(25)11-17-8-3-4-9-19(17)23-26/h3-10,18,21,24H,2,11-14H2,1H3,(H,22,25). The van der Waals surface area contributed by atoms with Gasteiger partial charge in [-0.15, -0.1) is 4.91 Å². The predicted octanol–water partition coefficient (Wildman–Crippen LogP) is 2.46. The van der Waals surface area contributed by atoms with Crippen LogP contribution < -0.4 is 10.6 Å². The molecule has 6 nitrogen and oxygen atoms in total. The van der Waals surface area contributed by atoms with Gasteiger partial charge in [0.1, 0.15) is 5.69 Å². The number of amides is 1. The van der Waals surface area contributed by atoms with Gasteiger partial charge in [0.2, 0.25) is 5.91 Å². The van der Waals surface area contributed by atoms with Gasteiger partial charge in [-0.1, -0.05) is 49.4 Å². The number of aliphatic hydroxyl groups excluding tert-OH is 1. The minimum Gasteiger partial charge on any atom is -0.390 e. The van der Waals surface area contributed by atoms with E-state index in [1.807, 2.05) is 12.1 Å². The Hall–Kier alpha value is -2.57. The topological polar surface area (TPSA) is 90.8 Å². The second kappa shape index (κ2) is 10.4. The van der Waals surface area contributed by atoms with Crippen molar-refractivity contribution in [1.82, 2.24) is 10.6 Å². The summed E-state index contributed by atoms with van der Waals surface area (Å²) in [4.78, 5) is 22.7. The lowest BCUT2D eigenvalue weighted by Crippen LogP contribution is -2.38. The number of nitrogens with one attached hydrogen (secondary N) is 2. The molecule has 1 unspecified atom stereocenters. The fraction of sp³-hybridized carbons (Fsp3) is 0.350. The van der Waals surface area contributed by atoms with Crippen molar-refractivity contribution in [3.63, 3.8) is 0 Å². The molecule has 6 heteroatoms. The van der Waals surface area contributed by atoms with E-state index in [4.69, 9.17) is 0 Å². The third-order valence-corrected chi connectivity index (χ3v) is 4.08. The highest BCUT2D eigenvalue weighted by Crippen LogP contribution is 2.18. The molecule has 0 saturated carbocycles. The Bertz CT molecular complexity index is 734. The van der Waals surface area contributed by atoms with Crippen LogP contribution in [0.3, 0.4) is 0 Å². The molecule has 0 aromatic heterocycles. The zero-order valence-corrected chi connectivity index (χ0v) is 14.9. The van der Waals surface area contributed by atoms with Gasteiger partial charge >= 0.3 is 0 Å². The van der Waals surface area contributed by atoms with E-state index in [1.54, 1.807) is 24.3 Å². The Kier molecular flexibility index (Phi) is 7.92. The normalized spacial score (nSPS) is 11.8. The molecule has 138 valence electrons. The van der Waals surface area contributed by atoms with Gasteiger partial charge in [-0.05, 0) is 34.4 Å². The number of aliphatic hydroxyl groups is 1.